The molecule has 1 aromatic rings. The zero-order chi connectivity index (χ0) is 31.1. The quantitative estimate of drug-likeness (QED) is 0.108. The molecule has 0 amide bonds. The van der Waals surface area contributed by atoms with Crippen molar-refractivity contribution in [1.82, 2.24) is 0 Å². The highest BCUT2D eigenvalue weighted by molar-refractivity contribution is 5.76. The minimum atomic E-state index is -0.854. The molecule has 2 bridgehead atoms. The minimum Gasteiger partial charge on any atom is -0.481 e. The van der Waals surface area contributed by atoms with Gasteiger partial charge in [0.2, 0.25) is 0 Å². The zero-order valence-corrected chi connectivity index (χ0v) is 27.3. The number of unbranched alkanes of at least 4 members (excludes halogenated alkanes) is 12. The van der Waals surface area contributed by atoms with Crippen LogP contribution in [0, 0.1) is 23.7 Å². The fourth-order valence-electron chi connectivity index (χ4n) is 5.70. The Morgan fingerprint density at radius 2 is 1.40 bits per heavy atom. The van der Waals surface area contributed by atoms with Crippen molar-refractivity contribution in [2.75, 3.05) is 20.8 Å². The molecule has 3 unspecified atom stereocenters. The van der Waals surface area contributed by atoms with Crippen molar-refractivity contribution in [2.45, 2.75) is 141 Å². The molecule has 2 aliphatic rings. The van der Waals surface area contributed by atoms with Gasteiger partial charge in [-0.3, -0.25) is 4.79 Å². The van der Waals surface area contributed by atoms with Gasteiger partial charge in [0, 0.05) is 26.4 Å². The monoisotopic (exact) mass is 585 g/mol. The van der Waals surface area contributed by atoms with Crippen LogP contribution in [-0.4, -0.2) is 38.1 Å². The van der Waals surface area contributed by atoms with E-state index in [1.165, 1.54) is 78.4 Å². The van der Waals surface area contributed by atoms with Gasteiger partial charge in [-0.1, -0.05) is 121 Å². The molecular weight excluding hydrogens is 522 g/mol. The third kappa shape index (κ3) is 22.4. The number of benzene rings is 1. The van der Waals surface area contributed by atoms with Gasteiger partial charge in [0.15, 0.2) is 0 Å². The van der Waals surface area contributed by atoms with Gasteiger partial charge in [-0.05, 0) is 50.1 Å². The molecule has 5 nitrogen and oxygen atoms in total. The number of methoxy groups -OCH3 is 1. The maximum atomic E-state index is 10.8. The number of aliphatic carboxylic acids is 1. The average molecular weight is 586 g/mol. The molecule has 240 valence electrons. The second kappa shape index (κ2) is 30.3. The average Bonchev–Trinajstić information content (AvgIpc) is 3.36. The van der Waals surface area contributed by atoms with Crippen molar-refractivity contribution in [2.24, 2.45) is 17.6 Å². The van der Waals surface area contributed by atoms with Gasteiger partial charge in [-0.2, -0.15) is 0 Å². The van der Waals surface area contributed by atoms with E-state index in [2.05, 4.69) is 24.5 Å². The molecule has 42 heavy (non-hydrogen) atoms. The van der Waals surface area contributed by atoms with E-state index < -0.39 is 11.9 Å². The first-order chi connectivity index (χ1) is 20.6. The number of carbonyl (C=O) groups excluding carboxylic acids is 1. The summed E-state index contributed by atoms with van der Waals surface area (Å²) >= 11 is 0. The highest BCUT2D eigenvalue weighted by Crippen LogP contribution is 2.41. The molecule has 2 fully saturated rings. The number of nitrogens with two attached hydrogens (primary N) is 1. The highest BCUT2D eigenvalue weighted by atomic mass is 16.5. The van der Waals surface area contributed by atoms with Gasteiger partial charge >= 0.3 is 5.97 Å². The first-order valence-electron chi connectivity index (χ1n) is 16.9. The van der Waals surface area contributed by atoms with E-state index in [1.54, 1.807) is 44.2 Å². The molecule has 0 heterocycles. The van der Waals surface area contributed by atoms with Crippen LogP contribution in [0.4, 0.5) is 0 Å². The third-order valence-electron chi connectivity index (χ3n) is 8.11. The van der Waals surface area contributed by atoms with Crippen LogP contribution in [0.15, 0.2) is 30.3 Å². The van der Waals surface area contributed by atoms with E-state index in [9.17, 15) is 9.59 Å². The number of hydrogen-bond acceptors (Lipinski definition) is 4. The third-order valence-corrected chi connectivity index (χ3v) is 8.11. The Hall–Kier alpha value is -2.16. The number of carboxylic acid groups (broad SMARTS) is 1. The van der Waals surface area contributed by atoms with E-state index in [0.29, 0.717) is 6.42 Å². The predicted molar refractivity (Wildman–Crippen MR) is 178 cm³/mol. The Balaban J connectivity index is 0.000000623. The van der Waals surface area contributed by atoms with E-state index in [1.807, 2.05) is 18.2 Å². The van der Waals surface area contributed by atoms with Crippen LogP contribution in [0.1, 0.15) is 147 Å². The second-order valence-electron chi connectivity index (χ2n) is 11.6. The summed E-state index contributed by atoms with van der Waals surface area (Å²) < 4.78 is 4.84. The minimum absolute atomic E-state index is 0.208. The van der Waals surface area contributed by atoms with Crippen LogP contribution < -0.4 is 5.73 Å². The van der Waals surface area contributed by atoms with Crippen molar-refractivity contribution >= 4 is 12.3 Å². The number of fused-ring (bicyclic) bond motifs is 2. The van der Waals surface area contributed by atoms with Gasteiger partial charge in [-0.25, -0.2) is 0 Å². The summed E-state index contributed by atoms with van der Waals surface area (Å²) in [5.41, 5.74) is 5.27. The van der Waals surface area contributed by atoms with Gasteiger partial charge < -0.3 is 20.4 Å². The smallest absolute Gasteiger partial charge is 0.313 e. The Kier molecular flexibility index (Phi) is 28.7. The molecule has 0 saturated heterocycles. The second-order valence-corrected chi connectivity index (χ2v) is 11.6. The van der Waals surface area contributed by atoms with Crippen LogP contribution in [-0.2, 0) is 14.3 Å². The van der Waals surface area contributed by atoms with Crippen LogP contribution >= 0.6 is 0 Å². The lowest BCUT2D eigenvalue weighted by atomic mass is 9.89. The number of hydrogen-bond donors (Lipinski definition) is 2. The number of ether oxygens (including phenoxy) is 1. The van der Waals surface area contributed by atoms with E-state index >= 15 is 0 Å². The molecule has 5 heteroatoms. The maximum absolute atomic E-state index is 10.8. The van der Waals surface area contributed by atoms with Crippen molar-refractivity contribution in [3.8, 4) is 11.8 Å². The van der Waals surface area contributed by atoms with Crippen LogP contribution in [0.2, 0.25) is 0 Å². The van der Waals surface area contributed by atoms with Crippen LogP contribution in [0.3, 0.4) is 0 Å². The van der Waals surface area contributed by atoms with Crippen molar-refractivity contribution < 1.29 is 19.4 Å². The molecule has 2 aliphatic carbocycles. The molecule has 0 aromatic heterocycles. The van der Waals surface area contributed by atoms with Crippen molar-refractivity contribution in [3.63, 3.8) is 0 Å². The topological polar surface area (TPSA) is 89.6 Å². The standard InChI is InChI=1S/C18H32O.C10H12O3.C8H14.CH5N/c1-2-3-4-5-6-7-8-9-10-11-12-13-14-15-16-17-18-19;1-13-7-9(10(11)12)8-5-3-2-4-6-8;1-2-7-4-5-8(3-1)6-7;1-2/h18H,2-11,14-17H2,1H3;2-6,9H,7H2,1H3,(H,11,12);7-8H,1-6H2;2H2,1H3. The Bertz CT molecular complexity index is 787. The first-order valence-corrected chi connectivity index (χ1v) is 16.9. The van der Waals surface area contributed by atoms with Crippen molar-refractivity contribution in [3.05, 3.63) is 35.9 Å². The summed E-state index contributed by atoms with van der Waals surface area (Å²) in [5.74, 6) is 7.35. The summed E-state index contributed by atoms with van der Waals surface area (Å²) in [7, 11) is 3.00. The highest BCUT2D eigenvalue weighted by Gasteiger charge is 2.27. The summed E-state index contributed by atoms with van der Waals surface area (Å²) in [6.45, 7) is 2.47. The zero-order valence-electron chi connectivity index (χ0n) is 27.3. The lowest BCUT2D eigenvalue weighted by Gasteiger charge is -2.16. The lowest BCUT2D eigenvalue weighted by molar-refractivity contribution is -0.140. The number of carboxylic acids is 1. The SMILES string of the molecule is C1CC2CCC(C1)C2.CCCCCCCCCCCC#CCCCCC=O.CN.COCC(C(=O)O)c1ccccc1. The van der Waals surface area contributed by atoms with Crippen LogP contribution in [0.5, 0.6) is 0 Å². The summed E-state index contributed by atoms with van der Waals surface area (Å²) in [6, 6.07) is 9.08. The fourth-order valence-corrected chi connectivity index (χ4v) is 5.70. The van der Waals surface area contributed by atoms with E-state index in [-0.39, 0.29) is 6.61 Å². The molecule has 3 atom stereocenters. The summed E-state index contributed by atoms with van der Waals surface area (Å²) in [6.07, 6.45) is 27.5. The Morgan fingerprint density at radius 3 is 1.88 bits per heavy atom. The number of carbonyl (C=O) groups is 2. The first kappa shape index (κ1) is 39.8. The van der Waals surface area contributed by atoms with Gasteiger partial charge in [-0.15, -0.1) is 11.8 Å². The fraction of sp³-hybridized carbons (Fsp3) is 0.730. The molecule has 3 rings (SSSR count). The molecule has 1 aromatic carbocycles. The Labute approximate surface area is 258 Å². The van der Waals surface area contributed by atoms with Gasteiger partial charge in [0.25, 0.3) is 0 Å². The molecule has 0 aliphatic heterocycles. The summed E-state index contributed by atoms with van der Waals surface area (Å²) in [4.78, 5) is 20.9. The van der Waals surface area contributed by atoms with Gasteiger partial charge in [0.1, 0.15) is 12.2 Å². The van der Waals surface area contributed by atoms with Gasteiger partial charge in [0.05, 0.1) is 6.61 Å². The maximum Gasteiger partial charge on any atom is 0.313 e. The van der Waals surface area contributed by atoms with Crippen molar-refractivity contribution in [1.29, 1.82) is 0 Å². The predicted octanol–water partition coefficient (Wildman–Crippen LogP) is 9.33. The molecule has 0 radical (unpaired) electrons. The molecular formula is C37H63NO4. The molecule has 3 N–H and O–H groups in total. The normalized spacial score (nSPS) is 17.0. The lowest BCUT2D eigenvalue weighted by Crippen LogP contribution is -2.16. The number of aldehydes is 1. The molecule has 0 spiro atoms. The summed E-state index contributed by atoms with van der Waals surface area (Å²) in [5, 5.41) is 8.88. The largest absolute Gasteiger partial charge is 0.481 e. The Morgan fingerprint density at radius 1 is 0.881 bits per heavy atom. The van der Waals surface area contributed by atoms with E-state index in [4.69, 9.17) is 9.84 Å². The van der Waals surface area contributed by atoms with Crippen LogP contribution in [0.25, 0.3) is 0 Å². The number of rotatable bonds is 17. The molecule has 2 saturated carbocycles. The van der Waals surface area contributed by atoms with E-state index in [0.717, 1.165) is 49.4 Å².